The van der Waals surface area contributed by atoms with E-state index >= 15 is 0 Å². The van der Waals surface area contributed by atoms with Gasteiger partial charge >= 0.3 is 5.97 Å². The number of rotatable bonds is 6. The number of nitrogens with one attached hydrogen (secondary N) is 2. The van der Waals surface area contributed by atoms with Gasteiger partial charge in [0.15, 0.2) is 6.04 Å². The van der Waals surface area contributed by atoms with Gasteiger partial charge in [-0.05, 0) is 44.0 Å². The first kappa shape index (κ1) is 18.3. The van der Waals surface area contributed by atoms with E-state index < -0.39 is 6.04 Å². The maximum Gasteiger partial charge on any atom is 0.312 e. The Bertz CT molecular complexity index is 615. The van der Waals surface area contributed by atoms with E-state index in [0.717, 1.165) is 22.8 Å². The van der Waals surface area contributed by atoms with Crippen LogP contribution in [0.25, 0.3) is 0 Å². The summed E-state index contributed by atoms with van der Waals surface area (Å²) < 4.78 is 10.4. The third-order valence-corrected chi connectivity index (χ3v) is 4.72. The van der Waals surface area contributed by atoms with Crippen molar-refractivity contribution in [3.05, 3.63) is 28.8 Å². The average Bonchev–Trinajstić information content (AvgIpc) is 2.55. The van der Waals surface area contributed by atoms with Crippen LogP contribution in [0.3, 0.4) is 0 Å². The summed E-state index contributed by atoms with van der Waals surface area (Å²) in [5.41, 5.74) is 3.45. The van der Waals surface area contributed by atoms with Gasteiger partial charge in [-0.3, -0.25) is 9.59 Å². The third kappa shape index (κ3) is 4.06. The van der Waals surface area contributed by atoms with E-state index in [2.05, 4.69) is 12.2 Å². The molecule has 6 nitrogen and oxygen atoms in total. The Morgan fingerprint density at radius 1 is 1.33 bits per heavy atom. The molecule has 132 valence electrons. The van der Waals surface area contributed by atoms with Gasteiger partial charge in [0.2, 0.25) is 0 Å². The highest BCUT2D eigenvalue weighted by molar-refractivity contribution is 5.85. The summed E-state index contributed by atoms with van der Waals surface area (Å²) in [6, 6.07) is 3.60. The van der Waals surface area contributed by atoms with Crippen LogP contribution in [-0.4, -0.2) is 44.7 Å². The Hall–Kier alpha value is -2.08. The summed E-state index contributed by atoms with van der Waals surface area (Å²) in [5.74, 6) is 0.470. The molecule has 0 radical (unpaired) electrons. The quantitative estimate of drug-likeness (QED) is 0.726. The van der Waals surface area contributed by atoms with Gasteiger partial charge in [-0.1, -0.05) is 0 Å². The van der Waals surface area contributed by atoms with Gasteiger partial charge in [0.1, 0.15) is 18.7 Å². The molecule has 2 N–H and O–H groups in total. The molecule has 0 aliphatic carbocycles. The minimum Gasteiger partial charge on any atom is -0.496 e. The minimum atomic E-state index is -0.403. The van der Waals surface area contributed by atoms with Crippen LogP contribution in [0.1, 0.15) is 30.0 Å². The summed E-state index contributed by atoms with van der Waals surface area (Å²) in [5, 5.41) is 2.85. The molecule has 1 unspecified atom stereocenters. The molecular weight excluding hydrogens is 308 g/mol. The topological polar surface area (TPSA) is 69.1 Å². The van der Waals surface area contributed by atoms with Crippen molar-refractivity contribution in [3.63, 3.8) is 0 Å². The Morgan fingerprint density at radius 3 is 2.75 bits per heavy atom. The van der Waals surface area contributed by atoms with Crippen LogP contribution < -0.4 is 15.0 Å². The van der Waals surface area contributed by atoms with Crippen molar-refractivity contribution < 1.29 is 24.0 Å². The second-order valence-electron chi connectivity index (χ2n) is 6.11. The maximum atomic E-state index is 12.2. The number of piperazine rings is 1. The lowest BCUT2D eigenvalue weighted by molar-refractivity contribution is -0.930. The molecule has 6 heteroatoms. The number of ether oxygens (including phenoxy) is 2. The molecule has 0 spiro atoms. The molecule has 1 aliphatic rings. The Labute approximate surface area is 143 Å². The van der Waals surface area contributed by atoms with Crippen LogP contribution in [0.5, 0.6) is 5.75 Å². The van der Waals surface area contributed by atoms with E-state index in [1.54, 1.807) is 14.0 Å². The van der Waals surface area contributed by atoms with Crippen LogP contribution >= 0.6 is 0 Å². The van der Waals surface area contributed by atoms with Crippen LogP contribution in [0.15, 0.2) is 12.1 Å². The smallest absolute Gasteiger partial charge is 0.312 e. The van der Waals surface area contributed by atoms with Crippen molar-refractivity contribution in [1.82, 2.24) is 5.32 Å². The fourth-order valence-electron chi connectivity index (χ4n) is 3.17. The number of hydrogen-bond donors (Lipinski definition) is 2. The molecule has 1 aromatic rings. The van der Waals surface area contributed by atoms with Gasteiger partial charge in [0, 0.05) is 5.56 Å². The Morgan fingerprint density at radius 2 is 2.08 bits per heavy atom. The second kappa shape index (κ2) is 8.15. The molecule has 0 bridgehead atoms. The lowest BCUT2D eigenvalue weighted by atomic mass is 10.00. The van der Waals surface area contributed by atoms with Crippen LogP contribution in [-0.2, 0) is 20.9 Å². The van der Waals surface area contributed by atoms with Gasteiger partial charge in [0.05, 0.1) is 26.8 Å². The largest absolute Gasteiger partial charge is 0.496 e. The van der Waals surface area contributed by atoms with E-state index in [4.69, 9.17) is 9.47 Å². The molecule has 1 aliphatic heterocycles. The van der Waals surface area contributed by atoms with E-state index in [1.165, 1.54) is 11.1 Å². The van der Waals surface area contributed by atoms with E-state index in [0.29, 0.717) is 19.7 Å². The first-order valence-corrected chi connectivity index (χ1v) is 8.38. The lowest BCUT2D eigenvalue weighted by Gasteiger charge is -2.32. The summed E-state index contributed by atoms with van der Waals surface area (Å²) in [7, 11) is 1.66. The fraction of sp³-hybridized carbons (Fsp3) is 0.556. The fourth-order valence-corrected chi connectivity index (χ4v) is 3.17. The molecule has 1 fully saturated rings. The number of methoxy groups -OCH3 is 1. The van der Waals surface area contributed by atoms with Gasteiger partial charge < -0.3 is 19.7 Å². The number of hydrogen-bond acceptors (Lipinski definition) is 4. The standard InChI is InChI=1S/C18H26N2O4/c1-5-24-17(21)10-15-18(22)19-8-9-20(15)11-14-6-7-16(23-4)13(3)12(14)2/h6-7,15H,5,8-11H2,1-4H3,(H,19,22)/p+1/t15-/m0/s1. The summed E-state index contributed by atoms with van der Waals surface area (Å²) >= 11 is 0. The van der Waals surface area contributed by atoms with Crippen molar-refractivity contribution in [1.29, 1.82) is 0 Å². The first-order valence-electron chi connectivity index (χ1n) is 8.38. The van der Waals surface area contributed by atoms with Gasteiger partial charge in [-0.15, -0.1) is 0 Å². The maximum absolute atomic E-state index is 12.2. The number of carbonyl (C=O) groups is 2. The van der Waals surface area contributed by atoms with Crippen molar-refractivity contribution in [2.45, 2.75) is 39.8 Å². The van der Waals surface area contributed by atoms with E-state index in [-0.39, 0.29) is 18.3 Å². The molecule has 0 aromatic heterocycles. The number of esters is 1. The highest BCUT2D eigenvalue weighted by atomic mass is 16.5. The SMILES string of the molecule is CCOC(=O)C[C@H]1C(=O)NCC[NH+]1Cc1ccc(OC)c(C)c1C. The zero-order valence-electron chi connectivity index (χ0n) is 14.9. The van der Waals surface area contributed by atoms with Crippen molar-refractivity contribution in [2.75, 3.05) is 26.8 Å². The van der Waals surface area contributed by atoms with E-state index in [1.807, 2.05) is 19.1 Å². The monoisotopic (exact) mass is 335 g/mol. The third-order valence-electron chi connectivity index (χ3n) is 4.72. The molecular formula is C18H27N2O4+. The van der Waals surface area contributed by atoms with Crippen molar-refractivity contribution in [2.24, 2.45) is 0 Å². The Balaban J connectivity index is 2.17. The minimum absolute atomic E-state index is 0.0767. The normalized spacial score (nSPS) is 20.4. The lowest BCUT2D eigenvalue weighted by Crippen LogP contribution is -3.18. The predicted molar refractivity (Wildman–Crippen MR) is 90.0 cm³/mol. The molecule has 2 rings (SSSR count). The van der Waals surface area contributed by atoms with Crippen molar-refractivity contribution >= 4 is 11.9 Å². The number of amides is 1. The van der Waals surface area contributed by atoms with Crippen LogP contribution in [0.4, 0.5) is 0 Å². The van der Waals surface area contributed by atoms with Gasteiger partial charge in [-0.25, -0.2) is 0 Å². The number of quaternary nitrogens is 1. The second-order valence-corrected chi connectivity index (χ2v) is 6.11. The highest BCUT2D eigenvalue weighted by Crippen LogP contribution is 2.23. The highest BCUT2D eigenvalue weighted by Gasteiger charge is 2.36. The summed E-state index contributed by atoms with van der Waals surface area (Å²) in [6.07, 6.45) is 0.114. The number of benzene rings is 1. The first-order chi connectivity index (χ1) is 11.5. The van der Waals surface area contributed by atoms with Crippen LogP contribution in [0.2, 0.25) is 0 Å². The molecule has 1 saturated heterocycles. The molecule has 2 atom stereocenters. The van der Waals surface area contributed by atoms with Crippen LogP contribution in [0, 0.1) is 13.8 Å². The molecule has 1 amide bonds. The van der Waals surface area contributed by atoms with Gasteiger partial charge in [0.25, 0.3) is 5.91 Å². The molecule has 1 heterocycles. The zero-order valence-corrected chi connectivity index (χ0v) is 14.9. The molecule has 0 saturated carbocycles. The predicted octanol–water partition coefficient (Wildman–Crippen LogP) is 0.149. The Kier molecular flexibility index (Phi) is 6.20. The molecule has 1 aromatic carbocycles. The molecule has 24 heavy (non-hydrogen) atoms. The summed E-state index contributed by atoms with van der Waals surface area (Å²) in [6.45, 7) is 8.32. The van der Waals surface area contributed by atoms with Gasteiger partial charge in [-0.2, -0.15) is 0 Å². The van der Waals surface area contributed by atoms with E-state index in [9.17, 15) is 9.59 Å². The zero-order chi connectivity index (χ0) is 17.7. The number of carbonyl (C=O) groups excluding carboxylic acids is 2. The van der Waals surface area contributed by atoms with Crippen molar-refractivity contribution in [3.8, 4) is 5.75 Å². The summed E-state index contributed by atoms with van der Waals surface area (Å²) in [4.78, 5) is 25.2. The average molecular weight is 335 g/mol.